The van der Waals surface area contributed by atoms with Gasteiger partial charge in [-0.3, -0.25) is 15.0 Å². The number of aliphatic carboxylic acids is 1. The van der Waals surface area contributed by atoms with Crippen LogP contribution in [0.15, 0.2) is 4.42 Å². The fraction of sp³-hybridized carbons (Fsp3) is 0.682. The van der Waals surface area contributed by atoms with E-state index in [4.69, 9.17) is 15.6 Å². The molecule has 2 amide bonds. The number of carboxylic acid groups (broad SMARTS) is 1. The van der Waals surface area contributed by atoms with Crippen LogP contribution in [0.3, 0.4) is 0 Å². The first-order valence-electron chi connectivity index (χ1n) is 11.3. The van der Waals surface area contributed by atoms with Gasteiger partial charge in [-0.05, 0) is 44.4 Å². The van der Waals surface area contributed by atoms with Gasteiger partial charge in [0.1, 0.15) is 17.8 Å². The van der Waals surface area contributed by atoms with Crippen LogP contribution in [0.5, 0.6) is 0 Å². The number of hydrogen-bond acceptors (Lipinski definition) is 6. The van der Waals surface area contributed by atoms with Gasteiger partial charge in [0, 0.05) is 13.0 Å². The van der Waals surface area contributed by atoms with E-state index in [2.05, 4.69) is 20.9 Å². The summed E-state index contributed by atoms with van der Waals surface area (Å²) in [6.45, 7) is 10.0. The van der Waals surface area contributed by atoms with Crippen LogP contribution in [0.1, 0.15) is 88.0 Å². The van der Waals surface area contributed by atoms with E-state index in [0.29, 0.717) is 31.7 Å². The van der Waals surface area contributed by atoms with Gasteiger partial charge in [0.2, 0.25) is 11.8 Å². The third kappa shape index (κ3) is 10.4. The Bertz CT molecular complexity index is 820. The lowest BCUT2D eigenvalue weighted by atomic mass is 10.0. The predicted molar refractivity (Wildman–Crippen MR) is 124 cm³/mol. The molecule has 0 fully saturated rings. The summed E-state index contributed by atoms with van der Waals surface area (Å²) in [7, 11) is 0. The van der Waals surface area contributed by atoms with Crippen LogP contribution in [-0.4, -0.2) is 46.4 Å². The van der Waals surface area contributed by atoms with Crippen molar-refractivity contribution in [1.82, 2.24) is 20.9 Å². The van der Waals surface area contributed by atoms with Gasteiger partial charge in [0.25, 0.3) is 5.91 Å². The number of carbonyl (C=O) groups excluding carboxylic acids is 2. The molecule has 0 aliphatic rings. The van der Waals surface area contributed by atoms with Gasteiger partial charge in [-0.25, -0.2) is 9.78 Å². The summed E-state index contributed by atoms with van der Waals surface area (Å²) in [5.74, 6) is -1.04. The van der Waals surface area contributed by atoms with Crippen LogP contribution in [-0.2, 0) is 9.59 Å². The van der Waals surface area contributed by atoms with E-state index >= 15 is 0 Å². The molecule has 0 aliphatic carbocycles. The van der Waals surface area contributed by atoms with E-state index in [9.17, 15) is 19.5 Å². The molecule has 11 nitrogen and oxygen atoms in total. The number of aryl methyl sites for hydroxylation is 1. The Balaban J connectivity index is 2.90. The number of nitrogens with one attached hydrogen (secondary N) is 4. The number of oxazole rings is 1. The summed E-state index contributed by atoms with van der Waals surface area (Å²) in [6, 6.07) is -1.62. The summed E-state index contributed by atoms with van der Waals surface area (Å²) in [6.07, 6.45) is 2.26. The molecule has 1 aromatic rings. The number of nitrogens with two attached hydrogens (primary N) is 1. The molecule has 1 unspecified atom stereocenters. The molecule has 1 heterocycles. The van der Waals surface area contributed by atoms with Gasteiger partial charge in [-0.2, -0.15) is 0 Å². The first-order chi connectivity index (χ1) is 15.4. The fourth-order valence-corrected chi connectivity index (χ4v) is 3.17. The molecule has 0 spiro atoms. The Morgan fingerprint density at radius 1 is 1.12 bits per heavy atom. The van der Waals surface area contributed by atoms with E-state index < -0.39 is 24.0 Å². The lowest BCUT2D eigenvalue weighted by Gasteiger charge is -2.18. The summed E-state index contributed by atoms with van der Waals surface area (Å²) in [5, 5.41) is 24.6. The maximum Gasteiger partial charge on any atom is 0.326 e. The smallest absolute Gasteiger partial charge is 0.326 e. The topological polar surface area (TPSA) is 183 Å². The number of rotatable bonds is 14. The second kappa shape index (κ2) is 13.4. The second-order valence-corrected chi connectivity index (χ2v) is 8.99. The molecule has 1 aromatic heterocycles. The lowest BCUT2D eigenvalue weighted by Crippen LogP contribution is -2.42. The van der Waals surface area contributed by atoms with Gasteiger partial charge in [-0.15, -0.1) is 0 Å². The number of hydrogen-bond donors (Lipinski definition) is 6. The van der Waals surface area contributed by atoms with Crippen molar-refractivity contribution in [3.05, 3.63) is 17.3 Å². The van der Waals surface area contributed by atoms with E-state index in [1.165, 1.54) is 0 Å². The summed E-state index contributed by atoms with van der Waals surface area (Å²) in [4.78, 5) is 41.0. The maximum atomic E-state index is 12.7. The van der Waals surface area contributed by atoms with Crippen molar-refractivity contribution in [2.24, 2.45) is 17.6 Å². The highest BCUT2D eigenvalue weighted by Crippen LogP contribution is 2.24. The maximum absolute atomic E-state index is 12.7. The standard InChI is InChI=1S/C22H38N6O5/c1-12(2)8-9-17(29)26-16(11-13(3)4)20-28-18(14(5)33-20)19(30)27-15(21(31)32)7-6-10-25-22(23)24/h12-13,15-16H,6-11H2,1-5H3,(H,26,29)(H,27,30)(H,31,32)(H4,23,24,25)/t15-,16?/m0/s1. The Kier molecular flexibility index (Phi) is 11.4. The molecule has 0 aliphatic heterocycles. The number of carbonyl (C=O) groups is 3. The van der Waals surface area contributed by atoms with Gasteiger partial charge in [0.15, 0.2) is 11.7 Å². The lowest BCUT2D eigenvalue weighted by molar-refractivity contribution is -0.139. The number of nitrogens with zero attached hydrogens (tertiary/aromatic N) is 1. The molecule has 186 valence electrons. The highest BCUT2D eigenvalue weighted by Gasteiger charge is 2.27. The normalized spacial score (nSPS) is 12.9. The second-order valence-electron chi connectivity index (χ2n) is 8.99. The highest BCUT2D eigenvalue weighted by molar-refractivity contribution is 5.95. The number of aromatic nitrogens is 1. The molecule has 7 N–H and O–H groups in total. The summed E-state index contributed by atoms with van der Waals surface area (Å²) in [5.41, 5.74) is 5.19. The zero-order chi connectivity index (χ0) is 25.1. The predicted octanol–water partition coefficient (Wildman–Crippen LogP) is 2.07. The van der Waals surface area contributed by atoms with Crippen LogP contribution in [0, 0.1) is 24.2 Å². The molecule has 0 saturated heterocycles. The minimum atomic E-state index is -1.18. The minimum absolute atomic E-state index is 0.0108. The third-order valence-corrected chi connectivity index (χ3v) is 4.91. The molecule has 0 saturated carbocycles. The number of amides is 2. The SMILES string of the molecule is Cc1oc(C(CC(C)C)NC(=O)CCC(C)C)nc1C(=O)N[C@@H](CCCNC(=N)N)C(=O)O. The van der Waals surface area contributed by atoms with Crippen LogP contribution >= 0.6 is 0 Å². The zero-order valence-electron chi connectivity index (χ0n) is 20.2. The van der Waals surface area contributed by atoms with E-state index in [-0.39, 0.29) is 41.6 Å². The van der Waals surface area contributed by atoms with Crippen molar-refractivity contribution in [3.8, 4) is 0 Å². The molecule has 33 heavy (non-hydrogen) atoms. The van der Waals surface area contributed by atoms with Gasteiger partial charge >= 0.3 is 5.97 Å². The number of carboxylic acids is 1. The molecular weight excluding hydrogens is 428 g/mol. The van der Waals surface area contributed by atoms with Crippen molar-refractivity contribution in [2.45, 2.75) is 78.8 Å². The number of guanidine groups is 1. The van der Waals surface area contributed by atoms with Crippen LogP contribution in [0.4, 0.5) is 0 Å². The molecule has 1 rings (SSSR count). The van der Waals surface area contributed by atoms with E-state index in [1.54, 1.807) is 6.92 Å². The van der Waals surface area contributed by atoms with E-state index in [0.717, 1.165) is 6.42 Å². The van der Waals surface area contributed by atoms with Crippen molar-refractivity contribution in [3.63, 3.8) is 0 Å². The quantitative estimate of drug-likeness (QED) is 0.137. The Morgan fingerprint density at radius 2 is 1.79 bits per heavy atom. The molecule has 0 bridgehead atoms. The average Bonchev–Trinajstić information content (AvgIpc) is 3.09. The minimum Gasteiger partial charge on any atom is -0.480 e. The fourth-order valence-electron chi connectivity index (χ4n) is 3.17. The zero-order valence-corrected chi connectivity index (χ0v) is 20.2. The largest absolute Gasteiger partial charge is 0.480 e. The molecule has 11 heteroatoms. The van der Waals surface area contributed by atoms with Crippen molar-refractivity contribution < 1.29 is 23.9 Å². The molecule has 2 atom stereocenters. The van der Waals surface area contributed by atoms with Crippen LogP contribution in [0.25, 0.3) is 0 Å². The first-order valence-corrected chi connectivity index (χ1v) is 11.3. The molecular formula is C22H38N6O5. The van der Waals surface area contributed by atoms with Gasteiger partial charge in [0.05, 0.1) is 0 Å². The Labute approximate surface area is 194 Å². The van der Waals surface area contributed by atoms with Crippen LogP contribution < -0.4 is 21.7 Å². The molecule has 0 aromatic carbocycles. The Hall–Kier alpha value is -3.11. The Morgan fingerprint density at radius 3 is 2.33 bits per heavy atom. The average molecular weight is 467 g/mol. The summed E-state index contributed by atoms with van der Waals surface area (Å²) >= 11 is 0. The molecule has 0 radical (unpaired) electrons. The van der Waals surface area contributed by atoms with Crippen LogP contribution in [0.2, 0.25) is 0 Å². The third-order valence-electron chi connectivity index (χ3n) is 4.91. The van der Waals surface area contributed by atoms with Gasteiger partial charge in [-0.1, -0.05) is 27.7 Å². The van der Waals surface area contributed by atoms with Crippen molar-refractivity contribution in [2.75, 3.05) is 6.54 Å². The summed E-state index contributed by atoms with van der Waals surface area (Å²) < 4.78 is 5.71. The van der Waals surface area contributed by atoms with Gasteiger partial charge < -0.3 is 31.2 Å². The highest BCUT2D eigenvalue weighted by atomic mass is 16.4. The first kappa shape index (κ1) is 27.9. The van der Waals surface area contributed by atoms with E-state index in [1.807, 2.05) is 27.7 Å². The van der Waals surface area contributed by atoms with Crippen molar-refractivity contribution >= 4 is 23.7 Å². The van der Waals surface area contributed by atoms with Crippen molar-refractivity contribution in [1.29, 1.82) is 5.41 Å². The monoisotopic (exact) mass is 466 g/mol.